The molecule has 0 aliphatic rings. The summed E-state index contributed by atoms with van der Waals surface area (Å²) in [6.07, 6.45) is 2.27. The number of carbonyl (C=O) groups excluding carboxylic acids is 1. The van der Waals surface area contributed by atoms with Crippen molar-refractivity contribution >= 4 is 5.91 Å². The lowest BCUT2D eigenvalue weighted by Crippen LogP contribution is -2.28. The summed E-state index contributed by atoms with van der Waals surface area (Å²) >= 11 is 0. The summed E-state index contributed by atoms with van der Waals surface area (Å²) in [5, 5.41) is 17.3. The van der Waals surface area contributed by atoms with E-state index < -0.39 is 11.7 Å². The van der Waals surface area contributed by atoms with Gasteiger partial charge in [-0.2, -0.15) is 0 Å². The average Bonchev–Trinajstić information content (AvgIpc) is 2.49. The average molecular weight is 293 g/mol. The van der Waals surface area contributed by atoms with Gasteiger partial charge in [0.2, 0.25) is 0 Å². The maximum atomic E-state index is 13.8. The van der Waals surface area contributed by atoms with Gasteiger partial charge in [0.05, 0.1) is 5.56 Å². The van der Waals surface area contributed by atoms with Gasteiger partial charge in [0, 0.05) is 25.8 Å². The van der Waals surface area contributed by atoms with Gasteiger partial charge in [-0.3, -0.25) is 4.79 Å². The fraction of sp³-hybridized carbons (Fsp3) is 0.438. The normalized spacial score (nSPS) is 9.90. The lowest BCUT2D eigenvalue weighted by molar-refractivity contribution is 0.0787. The molecule has 0 radical (unpaired) electrons. The number of unbranched alkanes of at least 4 members (excludes halogenated alkanes) is 2. The number of hydrogen-bond acceptors (Lipinski definition) is 3. The van der Waals surface area contributed by atoms with E-state index in [1.165, 1.54) is 23.1 Å². The molecule has 0 saturated carbocycles. The molecule has 4 nitrogen and oxygen atoms in total. The van der Waals surface area contributed by atoms with Crippen LogP contribution in [-0.2, 0) is 0 Å². The molecule has 0 aromatic heterocycles. The van der Waals surface area contributed by atoms with Crippen molar-refractivity contribution in [1.82, 2.24) is 4.90 Å². The number of halogens is 1. The number of aliphatic hydroxyl groups is 2. The van der Waals surface area contributed by atoms with E-state index in [2.05, 4.69) is 11.8 Å². The molecule has 0 aliphatic carbocycles. The van der Waals surface area contributed by atoms with E-state index >= 15 is 0 Å². The zero-order valence-corrected chi connectivity index (χ0v) is 12.1. The Balaban J connectivity index is 2.76. The molecule has 0 unspecified atom stereocenters. The third kappa shape index (κ3) is 5.54. The molecule has 1 amide bonds. The number of nitrogens with zero attached hydrogens (tertiary/aromatic N) is 1. The summed E-state index contributed by atoms with van der Waals surface area (Å²) in [4.78, 5) is 13.7. The fourth-order valence-electron chi connectivity index (χ4n) is 1.85. The van der Waals surface area contributed by atoms with Crippen molar-refractivity contribution in [3.63, 3.8) is 0 Å². The van der Waals surface area contributed by atoms with E-state index in [4.69, 9.17) is 10.2 Å². The minimum absolute atomic E-state index is 0.0237. The van der Waals surface area contributed by atoms with Crippen molar-refractivity contribution in [2.75, 3.05) is 26.8 Å². The van der Waals surface area contributed by atoms with Gasteiger partial charge < -0.3 is 15.1 Å². The first kappa shape index (κ1) is 17.2. The van der Waals surface area contributed by atoms with Crippen molar-refractivity contribution < 1.29 is 19.4 Å². The molecule has 114 valence electrons. The smallest absolute Gasteiger partial charge is 0.256 e. The summed E-state index contributed by atoms with van der Waals surface area (Å²) < 4.78 is 13.8. The second-order valence-electron chi connectivity index (χ2n) is 4.67. The monoisotopic (exact) mass is 293 g/mol. The first-order chi connectivity index (χ1) is 10.1. The zero-order chi connectivity index (χ0) is 15.7. The molecule has 2 N–H and O–H groups in total. The topological polar surface area (TPSA) is 60.8 Å². The lowest BCUT2D eigenvalue weighted by atomic mass is 10.1. The molecule has 5 heteroatoms. The van der Waals surface area contributed by atoms with Crippen LogP contribution in [0.4, 0.5) is 4.39 Å². The number of rotatable bonds is 6. The maximum absolute atomic E-state index is 13.8. The van der Waals surface area contributed by atoms with Crippen LogP contribution < -0.4 is 0 Å². The first-order valence-electron chi connectivity index (χ1n) is 6.85. The highest BCUT2D eigenvalue weighted by molar-refractivity contribution is 5.94. The first-order valence-corrected chi connectivity index (χ1v) is 6.85. The molecular weight excluding hydrogens is 273 g/mol. The van der Waals surface area contributed by atoms with Crippen molar-refractivity contribution in [1.29, 1.82) is 0 Å². The van der Waals surface area contributed by atoms with E-state index in [1.807, 2.05) is 0 Å². The number of hydrogen-bond donors (Lipinski definition) is 2. The molecule has 0 saturated heterocycles. The Kier molecular flexibility index (Phi) is 7.44. The van der Waals surface area contributed by atoms with Crippen molar-refractivity contribution in [2.45, 2.75) is 19.3 Å². The van der Waals surface area contributed by atoms with Gasteiger partial charge in [0.1, 0.15) is 12.4 Å². The van der Waals surface area contributed by atoms with Gasteiger partial charge in [-0.05, 0) is 37.5 Å². The summed E-state index contributed by atoms with van der Waals surface area (Å²) in [6.45, 7) is 0.355. The minimum atomic E-state index is -0.586. The standard InChI is InChI=1S/C16H20FNO3/c1-18(9-3-2-4-10-19)16(21)14-12-13(6-5-11-20)7-8-15(14)17/h7-8,12,19-20H,2-4,9-11H2,1H3. The molecule has 1 aromatic carbocycles. The van der Waals surface area contributed by atoms with Gasteiger partial charge in [-0.15, -0.1) is 0 Å². The highest BCUT2D eigenvalue weighted by Gasteiger charge is 2.16. The fourth-order valence-corrected chi connectivity index (χ4v) is 1.85. The molecule has 0 aliphatic heterocycles. The predicted molar refractivity (Wildman–Crippen MR) is 78.3 cm³/mol. The Morgan fingerprint density at radius 3 is 2.71 bits per heavy atom. The Labute approximate surface area is 124 Å². The summed E-state index contributed by atoms with van der Waals surface area (Å²) in [6, 6.07) is 4.06. The van der Waals surface area contributed by atoms with Crippen LogP contribution >= 0.6 is 0 Å². The highest BCUT2D eigenvalue weighted by Crippen LogP contribution is 2.13. The van der Waals surface area contributed by atoms with Crippen LogP contribution in [0.2, 0.25) is 0 Å². The zero-order valence-electron chi connectivity index (χ0n) is 12.1. The van der Waals surface area contributed by atoms with E-state index in [9.17, 15) is 9.18 Å². The van der Waals surface area contributed by atoms with Crippen LogP contribution in [0.15, 0.2) is 18.2 Å². The van der Waals surface area contributed by atoms with Gasteiger partial charge >= 0.3 is 0 Å². The van der Waals surface area contributed by atoms with Crippen LogP contribution in [0.25, 0.3) is 0 Å². The molecule has 0 heterocycles. The number of carbonyl (C=O) groups is 1. The Hall–Kier alpha value is -1.90. The van der Waals surface area contributed by atoms with Crippen LogP contribution in [0.1, 0.15) is 35.2 Å². The Morgan fingerprint density at radius 1 is 1.29 bits per heavy atom. The van der Waals surface area contributed by atoms with Crippen molar-refractivity contribution in [3.05, 3.63) is 35.1 Å². The van der Waals surface area contributed by atoms with Crippen LogP contribution in [0.5, 0.6) is 0 Å². The number of aliphatic hydroxyl groups excluding tert-OH is 2. The van der Waals surface area contributed by atoms with E-state index in [-0.39, 0.29) is 18.8 Å². The SMILES string of the molecule is CN(CCCCCO)C(=O)c1cc(C#CCO)ccc1F. The molecule has 0 spiro atoms. The molecular formula is C16H20FNO3. The van der Waals surface area contributed by atoms with E-state index in [1.54, 1.807) is 7.05 Å². The molecule has 1 aromatic rings. The van der Waals surface area contributed by atoms with Gasteiger partial charge in [-0.25, -0.2) is 4.39 Å². The number of benzene rings is 1. The van der Waals surface area contributed by atoms with Crippen LogP contribution in [-0.4, -0.2) is 47.8 Å². The molecule has 0 fully saturated rings. The molecule has 1 rings (SSSR count). The lowest BCUT2D eigenvalue weighted by Gasteiger charge is -2.17. The van der Waals surface area contributed by atoms with Crippen molar-refractivity contribution in [2.24, 2.45) is 0 Å². The summed E-state index contributed by atoms with van der Waals surface area (Å²) in [5.41, 5.74) is 0.465. The van der Waals surface area contributed by atoms with Gasteiger partial charge in [0.25, 0.3) is 5.91 Å². The Morgan fingerprint density at radius 2 is 2.05 bits per heavy atom. The van der Waals surface area contributed by atoms with Crippen LogP contribution in [0.3, 0.4) is 0 Å². The van der Waals surface area contributed by atoms with E-state index in [0.717, 1.165) is 12.8 Å². The second kappa shape index (κ2) is 9.11. The highest BCUT2D eigenvalue weighted by atomic mass is 19.1. The molecule has 0 atom stereocenters. The number of amides is 1. The third-order valence-electron chi connectivity index (χ3n) is 3.01. The Bertz CT molecular complexity index is 534. The predicted octanol–water partition coefficient (Wildman–Crippen LogP) is 1.40. The minimum Gasteiger partial charge on any atom is -0.396 e. The van der Waals surface area contributed by atoms with Crippen molar-refractivity contribution in [3.8, 4) is 11.8 Å². The van der Waals surface area contributed by atoms with E-state index in [0.29, 0.717) is 18.5 Å². The van der Waals surface area contributed by atoms with Gasteiger partial charge in [0.15, 0.2) is 0 Å². The van der Waals surface area contributed by atoms with Crippen LogP contribution in [0, 0.1) is 17.7 Å². The largest absolute Gasteiger partial charge is 0.396 e. The molecule has 21 heavy (non-hydrogen) atoms. The maximum Gasteiger partial charge on any atom is 0.256 e. The quantitative estimate of drug-likeness (QED) is 0.616. The second-order valence-corrected chi connectivity index (χ2v) is 4.67. The summed E-state index contributed by atoms with van der Waals surface area (Å²) in [5.74, 6) is 4.13. The third-order valence-corrected chi connectivity index (χ3v) is 3.01. The molecule has 0 bridgehead atoms. The summed E-state index contributed by atoms with van der Waals surface area (Å²) in [7, 11) is 1.62. The van der Waals surface area contributed by atoms with Gasteiger partial charge in [-0.1, -0.05) is 11.8 Å².